The minimum atomic E-state index is 0.350. The van der Waals surface area contributed by atoms with Crippen LogP contribution >= 0.6 is 0 Å². The van der Waals surface area contributed by atoms with Crippen LogP contribution in [-0.4, -0.2) is 19.4 Å². The van der Waals surface area contributed by atoms with Gasteiger partial charge < -0.3 is 14.8 Å². The molecule has 0 aromatic heterocycles. The molecule has 0 aliphatic carbocycles. The molecule has 1 N–H and O–H groups in total. The first-order valence-electron chi connectivity index (χ1n) is 7.18. The molecule has 0 fully saturated rings. The van der Waals surface area contributed by atoms with E-state index in [1.807, 2.05) is 6.07 Å². The van der Waals surface area contributed by atoms with Gasteiger partial charge in [0.05, 0.1) is 0 Å². The number of rotatable bonds is 6. The quantitative estimate of drug-likeness (QED) is 0.854. The van der Waals surface area contributed by atoms with Crippen molar-refractivity contribution in [2.45, 2.75) is 40.2 Å². The Morgan fingerprint density at radius 1 is 1.16 bits per heavy atom. The van der Waals surface area contributed by atoms with Crippen LogP contribution in [0.1, 0.15) is 33.3 Å². The third kappa shape index (κ3) is 3.63. The van der Waals surface area contributed by atoms with Gasteiger partial charge in [0.2, 0.25) is 6.79 Å². The normalized spacial score (nSPS) is 15.3. The molecule has 3 nitrogen and oxygen atoms in total. The second-order valence-electron chi connectivity index (χ2n) is 5.92. The van der Waals surface area contributed by atoms with Crippen molar-refractivity contribution in [3.8, 4) is 11.5 Å². The van der Waals surface area contributed by atoms with Crippen LogP contribution in [0.15, 0.2) is 18.2 Å². The van der Waals surface area contributed by atoms with E-state index in [0.717, 1.165) is 24.5 Å². The van der Waals surface area contributed by atoms with E-state index in [1.165, 1.54) is 5.56 Å². The van der Waals surface area contributed by atoms with Crippen LogP contribution in [0, 0.1) is 11.8 Å². The molecule has 0 saturated heterocycles. The fourth-order valence-corrected chi connectivity index (χ4v) is 2.36. The Morgan fingerprint density at radius 3 is 2.63 bits per heavy atom. The zero-order valence-electron chi connectivity index (χ0n) is 12.4. The van der Waals surface area contributed by atoms with E-state index in [0.29, 0.717) is 24.7 Å². The van der Waals surface area contributed by atoms with Gasteiger partial charge in [-0.2, -0.15) is 0 Å². The molecule has 1 aliphatic heterocycles. The van der Waals surface area contributed by atoms with Gasteiger partial charge in [-0.3, -0.25) is 0 Å². The Hall–Kier alpha value is -1.22. The van der Waals surface area contributed by atoms with Gasteiger partial charge in [0.25, 0.3) is 0 Å². The lowest BCUT2D eigenvalue weighted by Gasteiger charge is -2.23. The third-order valence-corrected chi connectivity index (χ3v) is 3.69. The van der Waals surface area contributed by atoms with Crippen LogP contribution in [-0.2, 0) is 6.42 Å². The van der Waals surface area contributed by atoms with Gasteiger partial charge in [-0.25, -0.2) is 0 Å². The van der Waals surface area contributed by atoms with Gasteiger partial charge in [-0.1, -0.05) is 39.8 Å². The number of hydrogen-bond acceptors (Lipinski definition) is 3. The highest BCUT2D eigenvalue weighted by Gasteiger charge is 2.21. The minimum Gasteiger partial charge on any atom is -0.454 e. The monoisotopic (exact) mass is 263 g/mol. The summed E-state index contributed by atoms with van der Waals surface area (Å²) in [4.78, 5) is 0. The van der Waals surface area contributed by atoms with Gasteiger partial charge in [-0.15, -0.1) is 0 Å². The third-order valence-electron chi connectivity index (χ3n) is 3.69. The largest absolute Gasteiger partial charge is 0.454 e. The molecule has 0 bridgehead atoms. The molecule has 1 aromatic rings. The fraction of sp³-hybridized carbons (Fsp3) is 0.625. The van der Waals surface area contributed by atoms with Gasteiger partial charge in [-0.05, 0) is 36.4 Å². The Bertz CT molecular complexity index is 415. The topological polar surface area (TPSA) is 30.5 Å². The summed E-state index contributed by atoms with van der Waals surface area (Å²) in [6, 6.07) is 6.71. The number of nitrogens with one attached hydrogen (secondary N) is 1. The van der Waals surface area contributed by atoms with Crippen molar-refractivity contribution in [1.82, 2.24) is 5.32 Å². The molecule has 1 aromatic carbocycles. The molecule has 3 heteroatoms. The zero-order chi connectivity index (χ0) is 13.8. The standard InChI is InChI=1S/C16H25NO2/c1-11(2)14(9-17-12(3)4)8-13-6-5-7-15-16(13)19-10-18-15/h5-7,11-12,14,17H,8-10H2,1-4H3. The van der Waals surface area contributed by atoms with Gasteiger partial charge in [0.1, 0.15) is 0 Å². The average Bonchev–Trinajstić information content (AvgIpc) is 2.82. The number of ether oxygens (including phenoxy) is 2. The lowest BCUT2D eigenvalue weighted by Crippen LogP contribution is -2.32. The van der Waals surface area contributed by atoms with E-state index in [4.69, 9.17) is 9.47 Å². The highest BCUT2D eigenvalue weighted by Crippen LogP contribution is 2.37. The Labute approximate surface area is 116 Å². The SMILES string of the molecule is CC(C)NCC(Cc1cccc2c1OCO2)C(C)C. The van der Waals surface area contributed by atoms with E-state index in [1.54, 1.807) is 0 Å². The number of benzene rings is 1. The summed E-state index contributed by atoms with van der Waals surface area (Å²) in [5, 5.41) is 3.54. The maximum absolute atomic E-state index is 5.59. The van der Waals surface area contributed by atoms with Crippen molar-refractivity contribution in [1.29, 1.82) is 0 Å². The number of hydrogen-bond donors (Lipinski definition) is 1. The van der Waals surface area contributed by atoms with Crippen LogP contribution in [0.25, 0.3) is 0 Å². The lowest BCUT2D eigenvalue weighted by molar-refractivity contribution is 0.173. The predicted octanol–water partition coefficient (Wildman–Crippen LogP) is 3.23. The van der Waals surface area contributed by atoms with E-state index >= 15 is 0 Å². The smallest absolute Gasteiger partial charge is 0.231 e. The molecule has 1 unspecified atom stereocenters. The van der Waals surface area contributed by atoms with Crippen LogP contribution < -0.4 is 14.8 Å². The zero-order valence-corrected chi connectivity index (χ0v) is 12.4. The minimum absolute atomic E-state index is 0.350. The van der Waals surface area contributed by atoms with Crippen molar-refractivity contribution in [2.75, 3.05) is 13.3 Å². The van der Waals surface area contributed by atoms with Crippen molar-refractivity contribution in [2.24, 2.45) is 11.8 Å². The molecule has 1 aliphatic rings. The molecule has 106 valence electrons. The van der Waals surface area contributed by atoms with Gasteiger partial charge >= 0.3 is 0 Å². The predicted molar refractivity (Wildman–Crippen MR) is 77.7 cm³/mol. The second-order valence-corrected chi connectivity index (χ2v) is 5.92. The molecule has 0 amide bonds. The first kappa shape index (κ1) is 14.2. The lowest BCUT2D eigenvalue weighted by atomic mass is 9.88. The summed E-state index contributed by atoms with van der Waals surface area (Å²) in [7, 11) is 0. The summed E-state index contributed by atoms with van der Waals surface area (Å²) < 4.78 is 11.0. The molecule has 0 radical (unpaired) electrons. The van der Waals surface area contributed by atoms with Crippen molar-refractivity contribution < 1.29 is 9.47 Å². The molecule has 1 atom stereocenters. The Morgan fingerprint density at radius 2 is 1.95 bits per heavy atom. The van der Waals surface area contributed by atoms with Crippen molar-refractivity contribution in [3.63, 3.8) is 0 Å². The van der Waals surface area contributed by atoms with E-state index < -0.39 is 0 Å². The number of para-hydroxylation sites is 1. The molecule has 1 heterocycles. The summed E-state index contributed by atoms with van der Waals surface area (Å²) in [6.45, 7) is 10.3. The average molecular weight is 263 g/mol. The van der Waals surface area contributed by atoms with Crippen molar-refractivity contribution in [3.05, 3.63) is 23.8 Å². The van der Waals surface area contributed by atoms with Crippen LogP contribution in [0.3, 0.4) is 0 Å². The molecule has 19 heavy (non-hydrogen) atoms. The molecular weight excluding hydrogens is 238 g/mol. The van der Waals surface area contributed by atoms with Crippen molar-refractivity contribution >= 4 is 0 Å². The summed E-state index contributed by atoms with van der Waals surface area (Å²) >= 11 is 0. The number of fused-ring (bicyclic) bond motifs is 1. The summed E-state index contributed by atoms with van der Waals surface area (Å²) in [5.74, 6) is 3.08. The first-order valence-corrected chi connectivity index (χ1v) is 7.18. The fourth-order valence-electron chi connectivity index (χ4n) is 2.36. The highest BCUT2D eigenvalue weighted by molar-refractivity contribution is 5.48. The molecule has 2 rings (SSSR count). The Balaban J connectivity index is 2.07. The maximum atomic E-state index is 5.59. The van der Waals surface area contributed by atoms with E-state index in [-0.39, 0.29) is 0 Å². The van der Waals surface area contributed by atoms with Gasteiger partial charge in [0, 0.05) is 6.04 Å². The van der Waals surface area contributed by atoms with Gasteiger partial charge in [0.15, 0.2) is 11.5 Å². The van der Waals surface area contributed by atoms with E-state index in [2.05, 4.69) is 45.1 Å². The van der Waals surface area contributed by atoms with Crippen LogP contribution in [0.5, 0.6) is 11.5 Å². The first-order chi connectivity index (χ1) is 9.08. The molecule has 0 saturated carbocycles. The molecular formula is C16H25NO2. The summed E-state index contributed by atoms with van der Waals surface area (Å²) in [5.41, 5.74) is 1.26. The van der Waals surface area contributed by atoms with Crippen LogP contribution in [0.4, 0.5) is 0 Å². The summed E-state index contributed by atoms with van der Waals surface area (Å²) in [6.07, 6.45) is 1.03. The highest BCUT2D eigenvalue weighted by atomic mass is 16.7. The Kier molecular flexibility index (Phi) is 4.70. The van der Waals surface area contributed by atoms with E-state index in [9.17, 15) is 0 Å². The second kappa shape index (κ2) is 6.29. The van der Waals surface area contributed by atoms with Crippen LogP contribution in [0.2, 0.25) is 0 Å². The maximum Gasteiger partial charge on any atom is 0.231 e. The molecule has 0 spiro atoms.